The van der Waals surface area contributed by atoms with Crippen molar-refractivity contribution in [1.82, 2.24) is 5.43 Å². The molecule has 1 N–H and O–H groups in total. The standard InChI is InChI=1S/C16H13Cl3N2O3/c1-23-16(22)21-20-8-11-6-12(17)7-14(19)15(11)24-9-10-4-2-3-5-13(10)18/h2-8H,9H2,1H3,(H,21,22). The van der Waals surface area contributed by atoms with Crippen molar-refractivity contribution in [2.24, 2.45) is 5.10 Å². The maximum absolute atomic E-state index is 11.0. The Hall–Kier alpha value is -1.95. The predicted octanol–water partition coefficient (Wildman–Crippen LogP) is 4.92. The van der Waals surface area contributed by atoms with E-state index in [1.54, 1.807) is 18.2 Å². The van der Waals surface area contributed by atoms with Crippen molar-refractivity contribution in [2.75, 3.05) is 7.11 Å². The van der Waals surface area contributed by atoms with Gasteiger partial charge in [0, 0.05) is 21.2 Å². The molecule has 0 aromatic heterocycles. The number of carbonyl (C=O) groups is 1. The van der Waals surface area contributed by atoms with Crippen LogP contribution < -0.4 is 10.2 Å². The van der Waals surface area contributed by atoms with Crippen LogP contribution in [-0.2, 0) is 11.3 Å². The second-order valence-corrected chi connectivity index (χ2v) is 5.80. The molecule has 0 aliphatic carbocycles. The van der Waals surface area contributed by atoms with Crippen LogP contribution in [0.3, 0.4) is 0 Å². The third-order valence-corrected chi connectivity index (χ3v) is 3.78. The molecule has 0 fully saturated rings. The van der Waals surface area contributed by atoms with Gasteiger partial charge in [-0.1, -0.05) is 53.0 Å². The highest BCUT2D eigenvalue weighted by molar-refractivity contribution is 6.36. The molecule has 8 heteroatoms. The summed E-state index contributed by atoms with van der Waals surface area (Å²) in [6, 6.07) is 10.5. The van der Waals surface area contributed by atoms with Crippen LogP contribution in [0.25, 0.3) is 0 Å². The molecule has 0 aliphatic rings. The van der Waals surface area contributed by atoms with E-state index in [-0.39, 0.29) is 6.61 Å². The van der Waals surface area contributed by atoms with Crippen molar-refractivity contribution in [1.29, 1.82) is 0 Å². The minimum atomic E-state index is -0.696. The van der Waals surface area contributed by atoms with E-state index in [9.17, 15) is 4.79 Å². The van der Waals surface area contributed by atoms with Crippen LogP contribution in [0.5, 0.6) is 5.75 Å². The van der Waals surface area contributed by atoms with Crippen molar-refractivity contribution in [3.05, 3.63) is 62.6 Å². The van der Waals surface area contributed by atoms with Gasteiger partial charge in [-0.2, -0.15) is 5.10 Å². The Morgan fingerprint density at radius 2 is 1.96 bits per heavy atom. The Balaban J connectivity index is 2.21. The quantitative estimate of drug-likeness (QED) is 0.585. The fraction of sp³-hybridized carbons (Fsp3) is 0.125. The normalized spacial score (nSPS) is 10.7. The first kappa shape index (κ1) is 18.4. The zero-order valence-corrected chi connectivity index (χ0v) is 14.8. The molecule has 5 nitrogen and oxygen atoms in total. The number of hydrogen-bond acceptors (Lipinski definition) is 4. The Bertz CT molecular complexity index is 766. The Morgan fingerprint density at radius 3 is 2.67 bits per heavy atom. The zero-order chi connectivity index (χ0) is 17.5. The number of hydrogen-bond donors (Lipinski definition) is 1. The zero-order valence-electron chi connectivity index (χ0n) is 12.6. The molecule has 126 valence electrons. The summed E-state index contributed by atoms with van der Waals surface area (Å²) in [6.45, 7) is 0.215. The molecule has 0 radical (unpaired) electrons. The number of ether oxygens (including phenoxy) is 2. The maximum Gasteiger partial charge on any atom is 0.427 e. The van der Waals surface area contributed by atoms with E-state index in [0.717, 1.165) is 5.56 Å². The van der Waals surface area contributed by atoms with Crippen molar-refractivity contribution in [3.8, 4) is 5.75 Å². The fourth-order valence-electron chi connectivity index (χ4n) is 1.79. The van der Waals surface area contributed by atoms with Crippen molar-refractivity contribution in [2.45, 2.75) is 6.61 Å². The lowest BCUT2D eigenvalue weighted by atomic mass is 10.2. The fourth-order valence-corrected chi connectivity index (χ4v) is 2.55. The van der Waals surface area contributed by atoms with Crippen LogP contribution in [0, 0.1) is 0 Å². The topological polar surface area (TPSA) is 59.9 Å². The molecule has 0 spiro atoms. The van der Waals surface area contributed by atoms with Gasteiger partial charge in [0.25, 0.3) is 0 Å². The van der Waals surface area contributed by atoms with Gasteiger partial charge < -0.3 is 9.47 Å². The van der Waals surface area contributed by atoms with Gasteiger partial charge in [-0.15, -0.1) is 0 Å². The van der Waals surface area contributed by atoms with Crippen molar-refractivity contribution < 1.29 is 14.3 Å². The van der Waals surface area contributed by atoms with Gasteiger partial charge in [-0.25, -0.2) is 10.2 Å². The Morgan fingerprint density at radius 1 is 1.21 bits per heavy atom. The summed E-state index contributed by atoms with van der Waals surface area (Å²) >= 11 is 18.3. The summed E-state index contributed by atoms with van der Waals surface area (Å²) in [4.78, 5) is 11.0. The van der Waals surface area contributed by atoms with Crippen LogP contribution in [0.4, 0.5) is 4.79 Å². The molecule has 2 aromatic carbocycles. The number of carbonyl (C=O) groups excluding carboxylic acids is 1. The average molecular weight is 388 g/mol. The molecule has 1 amide bonds. The lowest BCUT2D eigenvalue weighted by Crippen LogP contribution is -2.16. The summed E-state index contributed by atoms with van der Waals surface area (Å²) in [5.74, 6) is 0.372. The van der Waals surface area contributed by atoms with E-state index < -0.39 is 6.09 Å². The summed E-state index contributed by atoms with van der Waals surface area (Å²) < 4.78 is 10.2. The molecule has 0 atom stereocenters. The molecule has 2 rings (SSSR count). The number of rotatable bonds is 5. The van der Waals surface area contributed by atoms with Crippen molar-refractivity contribution in [3.63, 3.8) is 0 Å². The first-order valence-corrected chi connectivity index (χ1v) is 7.87. The summed E-state index contributed by atoms with van der Waals surface area (Å²) in [6.07, 6.45) is 0.661. The monoisotopic (exact) mass is 386 g/mol. The first-order valence-electron chi connectivity index (χ1n) is 6.73. The van der Waals surface area contributed by atoms with Crippen molar-refractivity contribution >= 4 is 47.1 Å². The first-order chi connectivity index (χ1) is 11.5. The highest BCUT2D eigenvalue weighted by Crippen LogP contribution is 2.32. The van der Waals surface area contributed by atoms with E-state index in [1.165, 1.54) is 13.3 Å². The van der Waals surface area contributed by atoms with Gasteiger partial charge in [-0.3, -0.25) is 0 Å². The lowest BCUT2D eigenvalue weighted by molar-refractivity contribution is 0.171. The third kappa shape index (κ3) is 5.03. The number of methoxy groups -OCH3 is 1. The van der Waals surface area contributed by atoms with E-state index in [1.807, 2.05) is 18.2 Å². The smallest absolute Gasteiger partial charge is 0.427 e. The van der Waals surface area contributed by atoms with Crippen LogP contribution in [0.1, 0.15) is 11.1 Å². The summed E-state index contributed by atoms with van der Waals surface area (Å²) in [7, 11) is 1.24. The number of benzene rings is 2. The molecule has 0 bridgehead atoms. The minimum absolute atomic E-state index is 0.215. The number of halogens is 3. The highest BCUT2D eigenvalue weighted by atomic mass is 35.5. The SMILES string of the molecule is COC(=O)NN=Cc1cc(Cl)cc(Cl)c1OCc1ccccc1Cl. The van der Waals surface area contributed by atoms with E-state index in [4.69, 9.17) is 39.5 Å². The van der Waals surface area contributed by atoms with Gasteiger partial charge in [0.2, 0.25) is 0 Å². The number of nitrogens with zero attached hydrogens (tertiary/aromatic N) is 1. The molecular weight excluding hydrogens is 375 g/mol. The van der Waals surface area contributed by atoms with E-state index in [2.05, 4.69) is 15.3 Å². The molecule has 0 saturated heterocycles. The Kier molecular flexibility index (Phi) is 6.73. The molecule has 2 aromatic rings. The molecule has 0 aliphatic heterocycles. The lowest BCUT2D eigenvalue weighted by Gasteiger charge is -2.12. The maximum atomic E-state index is 11.0. The van der Waals surface area contributed by atoms with Gasteiger partial charge >= 0.3 is 6.09 Å². The number of hydrazone groups is 1. The van der Waals surface area contributed by atoms with Crippen LogP contribution >= 0.6 is 34.8 Å². The van der Waals surface area contributed by atoms with Crippen LogP contribution in [0.2, 0.25) is 15.1 Å². The van der Waals surface area contributed by atoms with Gasteiger partial charge in [0.15, 0.2) is 0 Å². The largest absolute Gasteiger partial charge is 0.487 e. The average Bonchev–Trinajstić information content (AvgIpc) is 2.55. The van der Waals surface area contributed by atoms with E-state index >= 15 is 0 Å². The summed E-state index contributed by atoms with van der Waals surface area (Å²) in [5, 5.41) is 5.06. The van der Waals surface area contributed by atoms with Crippen LogP contribution in [-0.4, -0.2) is 19.4 Å². The number of nitrogens with one attached hydrogen (secondary N) is 1. The molecule has 0 saturated carbocycles. The second kappa shape index (κ2) is 8.78. The molecule has 0 heterocycles. The highest BCUT2D eigenvalue weighted by Gasteiger charge is 2.11. The van der Waals surface area contributed by atoms with E-state index in [0.29, 0.717) is 26.4 Å². The molecule has 24 heavy (non-hydrogen) atoms. The van der Waals surface area contributed by atoms with Crippen LogP contribution in [0.15, 0.2) is 41.5 Å². The number of amides is 1. The molecular formula is C16H13Cl3N2O3. The minimum Gasteiger partial charge on any atom is -0.487 e. The Labute approximate surface area is 154 Å². The van der Waals surface area contributed by atoms with Gasteiger partial charge in [0.05, 0.1) is 18.3 Å². The second-order valence-electron chi connectivity index (χ2n) is 4.55. The molecule has 0 unspecified atom stereocenters. The van der Waals surface area contributed by atoms with Gasteiger partial charge in [0.1, 0.15) is 12.4 Å². The van der Waals surface area contributed by atoms with Gasteiger partial charge in [-0.05, 0) is 18.2 Å². The predicted molar refractivity (Wildman–Crippen MR) is 95.4 cm³/mol. The summed E-state index contributed by atoms with van der Waals surface area (Å²) in [5.41, 5.74) is 3.48. The third-order valence-electron chi connectivity index (χ3n) is 2.91.